The van der Waals surface area contributed by atoms with Crippen molar-refractivity contribution in [3.8, 4) is 5.75 Å². The Hall–Kier alpha value is -2.56. The van der Waals surface area contributed by atoms with Crippen molar-refractivity contribution >= 4 is 16.9 Å². The summed E-state index contributed by atoms with van der Waals surface area (Å²) >= 11 is 0. The van der Waals surface area contributed by atoms with Crippen molar-refractivity contribution in [3.63, 3.8) is 0 Å². The number of hydrogen-bond donors (Lipinski definition) is 0. The highest BCUT2D eigenvalue weighted by Gasteiger charge is 2.03. The van der Waals surface area contributed by atoms with Crippen LogP contribution in [-0.2, 0) is 9.53 Å². The third-order valence-electron chi connectivity index (χ3n) is 2.98. The molecule has 0 aliphatic heterocycles. The van der Waals surface area contributed by atoms with Gasteiger partial charge in [-0.1, -0.05) is 6.58 Å². The summed E-state index contributed by atoms with van der Waals surface area (Å²) in [7, 11) is 0. The zero-order chi connectivity index (χ0) is 15.9. The van der Waals surface area contributed by atoms with Crippen LogP contribution in [0.2, 0.25) is 0 Å². The summed E-state index contributed by atoms with van der Waals surface area (Å²) in [5.41, 5.74) is 0.512. The molecule has 0 aliphatic carbocycles. The first-order valence-corrected chi connectivity index (χ1v) is 7.05. The molecule has 0 bridgehead atoms. The topological polar surface area (TPSA) is 65.7 Å². The molecule has 0 saturated carbocycles. The molecule has 2 rings (SSSR count). The third kappa shape index (κ3) is 4.48. The molecular formula is C17H18O5. The quantitative estimate of drug-likeness (QED) is 0.340. The van der Waals surface area contributed by atoms with Gasteiger partial charge in [0.25, 0.3) is 0 Å². The third-order valence-corrected chi connectivity index (χ3v) is 2.98. The van der Waals surface area contributed by atoms with Gasteiger partial charge in [0.05, 0.1) is 13.2 Å². The molecule has 5 heteroatoms. The van der Waals surface area contributed by atoms with Crippen molar-refractivity contribution in [1.29, 1.82) is 0 Å². The molecule has 0 aliphatic rings. The van der Waals surface area contributed by atoms with Crippen LogP contribution < -0.4 is 10.4 Å². The van der Waals surface area contributed by atoms with Crippen LogP contribution in [0, 0.1) is 0 Å². The van der Waals surface area contributed by atoms with Crippen LogP contribution in [0.25, 0.3) is 11.0 Å². The number of fused-ring (bicyclic) bond motifs is 1. The molecule has 0 N–H and O–H groups in total. The maximum atomic E-state index is 11.2. The van der Waals surface area contributed by atoms with Gasteiger partial charge >= 0.3 is 11.6 Å². The Morgan fingerprint density at radius 2 is 1.91 bits per heavy atom. The maximum Gasteiger partial charge on any atom is 0.336 e. The van der Waals surface area contributed by atoms with Gasteiger partial charge in [0, 0.05) is 23.1 Å². The highest BCUT2D eigenvalue weighted by molar-refractivity contribution is 5.86. The number of rotatable bonds is 7. The molecule has 22 heavy (non-hydrogen) atoms. The van der Waals surface area contributed by atoms with Gasteiger partial charge < -0.3 is 13.9 Å². The van der Waals surface area contributed by atoms with E-state index in [9.17, 15) is 9.59 Å². The number of hydrogen-bond acceptors (Lipinski definition) is 5. The van der Waals surface area contributed by atoms with Crippen molar-refractivity contribution in [2.45, 2.75) is 19.8 Å². The second-order valence-corrected chi connectivity index (χ2v) is 4.93. The minimum absolute atomic E-state index is 0.349. The molecular weight excluding hydrogens is 284 g/mol. The molecule has 0 radical (unpaired) electrons. The lowest BCUT2D eigenvalue weighted by molar-refractivity contribution is -0.139. The fraction of sp³-hybridized carbons (Fsp3) is 0.294. The Labute approximate surface area is 128 Å². The average Bonchev–Trinajstić information content (AvgIpc) is 2.49. The van der Waals surface area contributed by atoms with Crippen LogP contribution in [0.4, 0.5) is 0 Å². The summed E-state index contributed by atoms with van der Waals surface area (Å²) in [6.45, 7) is 5.97. The SMILES string of the molecule is C=C(C)C(=O)OCCCCOc1ccc2ccc(=O)oc2c1. The van der Waals surface area contributed by atoms with E-state index in [1.807, 2.05) is 12.1 Å². The van der Waals surface area contributed by atoms with Crippen LogP contribution in [0.5, 0.6) is 5.75 Å². The number of ether oxygens (including phenoxy) is 2. The van der Waals surface area contributed by atoms with Crippen molar-refractivity contribution in [3.05, 3.63) is 52.9 Å². The minimum Gasteiger partial charge on any atom is -0.493 e. The van der Waals surface area contributed by atoms with Gasteiger partial charge in [-0.2, -0.15) is 0 Å². The Morgan fingerprint density at radius 1 is 1.18 bits per heavy atom. The average molecular weight is 302 g/mol. The lowest BCUT2D eigenvalue weighted by atomic mass is 10.2. The summed E-state index contributed by atoms with van der Waals surface area (Å²) in [5.74, 6) is 0.270. The van der Waals surface area contributed by atoms with Crippen molar-refractivity contribution in [1.82, 2.24) is 0 Å². The summed E-state index contributed by atoms with van der Waals surface area (Å²) < 4.78 is 15.7. The van der Waals surface area contributed by atoms with E-state index in [1.54, 1.807) is 19.1 Å². The molecule has 0 fully saturated rings. The highest BCUT2D eigenvalue weighted by Crippen LogP contribution is 2.19. The Kier molecular flexibility index (Phi) is 5.36. The largest absolute Gasteiger partial charge is 0.493 e. The number of unbranched alkanes of at least 4 members (excludes halogenated alkanes) is 1. The second kappa shape index (κ2) is 7.45. The van der Waals surface area contributed by atoms with Gasteiger partial charge in [-0.25, -0.2) is 9.59 Å². The number of benzene rings is 1. The van der Waals surface area contributed by atoms with Crippen LogP contribution >= 0.6 is 0 Å². The lowest BCUT2D eigenvalue weighted by Crippen LogP contribution is -2.07. The molecule has 0 atom stereocenters. The van der Waals surface area contributed by atoms with E-state index in [-0.39, 0.29) is 11.6 Å². The van der Waals surface area contributed by atoms with Crippen LogP contribution in [-0.4, -0.2) is 19.2 Å². The van der Waals surface area contributed by atoms with E-state index in [0.717, 1.165) is 11.8 Å². The minimum atomic E-state index is -0.385. The van der Waals surface area contributed by atoms with Gasteiger partial charge in [-0.3, -0.25) is 0 Å². The number of esters is 1. The molecule has 1 aromatic heterocycles. The van der Waals surface area contributed by atoms with E-state index in [1.165, 1.54) is 6.07 Å². The van der Waals surface area contributed by atoms with Crippen molar-refractivity contribution in [2.75, 3.05) is 13.2 Å². The van der Waals surface area contributed by atoms with Gasteiger partial charge in [0.15, 0.2) is 0 Å². The smallest absolute Gasteiger partial charge is 0.336 e. The summed E-state index contributed by atoms with van der Waals surface area (Å²) in [6, 6.07) is 8.44. The molecule has 1 aromatic carbocycles. The molecule has 116 valence electrons. The molecule has 0 amide bonds. The molecule has 0 saturated heterocycles. The van der Waals surface area contributed by atoms with Crippen molar-refractivity contribution in [2.24, 2.45) is 0 Å². The molecule has 2 aromatic rings. The molecule has 5 nitrogen and oxygen atoms in total. The lowest BCUT2D eigenvalue weighted by Gasteiger charge is -2.07. The maximum absolute atomic E-state index is 11.2. The second-order valence-electron chi connectivity index (χ2n) is 4.93. The van der Waals surface area contributed by atoms with E-state index >= 15 is 0 Å². The Bertz CT molecular complexity index is 729. The van der Waals surface area contributed by atoms with Gasteiger partial charge in [0.1, 0.15) is 11.3 Å². The number of carbonyl (C=O) groups is 1. The zero-order valence-electron chi connectivity index (χ0n) is 12.5. The summed E-state index contributed by atoms with van der Waals surface area (Å²) in [6.07, 6.45) is 1.46. The van der Waals surface area contributed by atoms with Gasteiger partial charge in [-0.05, 0) is 38.0 Å². The fourth-order valence-electron chi connectivity index (χ4n) is 1.81. The van der Waals surface area contributed by atoms with Crippen LogP contribution in [0.15, 0.2) is 51.7 Å². The predicted molar refractivity (Wildman–Crippen MR) is 83.0 cm³/mol. The standard InChI is InChI=1S/C17H18O5/c1-12(2)17(19)21-10-4-3-9-20-14-7-5-13-6-8-16(18)22-15(13)11-14/h5-8,11H,1,3-4,9-10H2,2H3. The molecule has 0 spiro atoms. The van der Waals surface area contributed by atoms with E-state index in [2.05, 4.69) is 6.58 Å². The monoisotopic (exact) mass is 302 g/mol. The highest BCUT2D eigenvalue weighted by atomic mass is 16.5. The molecule has 1 heterocycles. The first-order chi connectivity index (χ1) is 10.6. The molecule has 0 unspecified atom stereocenters. The summed E-state index contributed by atoms with van der Waals surface area (Å²) in [5, 5.41) is 0.846. The Balaban J connectivity index is 1.76. The van der Waals surface area contributed by atoms with Gasteiger partial charge in [0.2, 0.25) is 0 Å². The first-order valence-electron chi connectivity index (χ1n) is 7.05. The van der Waals surface area contributed by atoms with Crippen LogP contribution in [0.3, 0.4) is 0 Å². The van der Waals surface area contributed by atoms with Crippen molar-refractivity contribution < 1.29 is 18.7 Å². The first kappa shape index (κ1) is 15.8. The predicted octanol–water partition coefficient (Wildman–Crippen LogP) is 3.07. The van der Waals surface area contributed by atoms with Gasteiger partial charge in [-0.15, -0.1) is 0 Å². The normalized spacial score (nSPS) is 10.4. The zero-order valence-corrected chi connectivity index (χ0v) is 12.5. The fourth-order valence-corrected chi connectivity index (χ4v) is 1.81. The van der Waals surface area contributed by atoms with Crippen LogP contribution in [0.1, 0.15) is 19.8 Å². The van der Waals surface area contributed by atoms with E-state index in [0.29, 0.717) is 36.5 Å². The number of carbonyl (C=O) groups excluding carboxylic acids is 1. The Morgan fingerprint density at radius 3 is 2.68 bits per heavy atom. The van der Waals surface area contributed by atoms with E-state index in [4.69, 9.17) is 13.9 Å². The van der Waals surface area contributed by atoms with E-state index < -0.39 is 0 Å². The summed E-state index contributed by atoms with van der Waals surface area (Å²) in [4.78, 5) is 22.3.